The van der Waals surface area contributed by atoms with Crippen LogP contribution < -0.4 is 0 Å². The second-order valence-electron chi connectivity index (χ2n) is 2.90. The predicted octanol–water partition coefficient (Wildman–Crippen LogP) is 2.16. The molecule has 0 bridgehead atoms. The highest BCUT2D eigenvalue weighted by atomic mass is 32.1. The molecule has 1 rings (SSSR count). The second kappa shape index (κ2) is 4.85. The van der Waals surface area contributed by atoms with E-state index < -0.39 is 4.92 Å². The lowest BCUT2D eigenvalue weighted by atomic mass is 10.1. The van der Waals surface area contributed by atoms with Crippen LogP contribution in [0.5, 0.6) is 5.75 Å². The fraction of sp³-hybridized carbons (Fsp3) is 0.333. The second-order valence-corrected chi connectivity index (χ2v) is 3.34. The lowest BCUT2D eigenvalue weighted by molar-refractivity contribution is -0.385. The minimum atomic E-state index is -0.437. The molecule has 0 aliphatic rings. The molecular weight excluding hydrogens is 202 g/mol. The van der Waals surface area contributed by atoms with Gasteiger partial charge in [-0.05, 0) is 30.7 Å². The van der Waals surface area contributed by atoms with Crippen molar-refractivity contribution in [3.05, 3.63) is 33.9 Å². The van der Waals surface area contributed by atoms with E-state index in [9.17, 15) is 15.2 Å². The van der Waals surface area contributed by atoms with Gasteiger partial charge in [-0.15, -0.1) is 0 Å². The number of phenolic OH excluding ortho intramolecular Hbond substituents is 1. The van der Waals surface area contributed by atoms with Crippen molar-refractivity contribution in [2.24, 2.45) is 0 Å². The quantitative estimate of drug-likeness (QED) is 0.457. The Hall–Kier alpha value is -1.23. The number of aryl methyl sites for hydroxylation is 1. The summed E-state index contributed by atoms with van der Waals surface area (Å²) in [5, 5.41) is 19.8. The summed E-state index contributed by atoms with van der Waals surface area (Å²) in [6.07, 6.45) is 1.32. The van der Waals surface area contributed by atoms with Crippen LogP contribution in [0.1, 0.15) is 12.0 Å². The first kappa shape index (κ1) is 10.8. The Labute approximate surface area is 87.1 Å². The smallest absolute Gasteiger partial charge is 0.272 e. The molecule has 0 aliphatic heterocycles. The summed E-state index contributed by atoms with van der Waals surface area (Å²) in [7, 11) is 0. The Morgan fingerprint density at radius 3 is 2.79 bits per heavy atom. The predicted molar refractivity (Wildman–Crippen MR) is 56.9 cm³/mol. The van der Waals surface area contributed by atoms with E-state index in [0.29, 0.717) is 17.7 Å². The van der Waals surface area contributed by atoms with Gasteiger partial charge in [-0.25, -0.2) is 0 Å². The van der Waals surface area contributed by atoms with Crippen molar-refractivity contribution in [2.45, 2.75) is 12.8 Å². The number of aromatic hydroxyl groups is 1. The number of thiol groups is 1. The van der Waals surface area contributed by atoms with Gasteiger partial charge in [0.1, 0.15) is 5.75 Å². The summed E-state index contributed by atoms with van der Waals surface area (Å²) in [4.78, 5) is 10.2. The Balaban J connectivity index is 2.97. The van der Waals surface area contributed by atoms with Gasteiger partial charge in [0.15, 0.2) is 0 Å². The van der Waals surface area contributed by atoms with Gasteiger partial charge in [-0.2, -0.15) is 12.6 Å². The minimum absolute atomic E-state index is 0.0598. The van der Waals surface area contributed by atoms with E-state index in [-0.39, 0.29) is 11.4 Å². The average Bonchev–Trinajstić information content (AvgIpc) is 2.14. The zero-order chi connectivity index (χ0) is 10.6. The maximum absolute atomic E-state index is 10.6. The largest absolute Gasteiger partial charge is 0.508 e. The zero-order valence-corrected chi connectivity index (χ0v) is 8.41. The molecular formula is C9H11NO3S. The molecule has 5 heteroatoms. The molecule has 0 fully saturated rings. The Kier molecular flexibility index (Phi) is 3.76. The lowest BCUT2D eigenvalue weighted by Gasteiger charge is -2.02. The van der Waals surface area contributed by atoms with Crippen LogP contribution in [-0.4, -0.2) is 15.8 Å². The Morgan fingerprint density at radius 2 is 2.21 bits per heavy atom. The van der Waals surface area contributed by atoms with Crippen LogP contribution in [0.4, 0.5) is 5.69 Å². The molecule has 0 heterocycles. The first-order valence-corrected chi connectivity index (χ1v) is 4.85. The van der Waals surface area contributed by atoms with Crippen molar-refractivity contribution < 1.29 is 10.0 Å². The van der Waals surface area contributed by atoms with Gasteiger partial charge in [0.2, 0.25) is 0 Å². The summed E-state index contributed by atoms with van der Waals surface area (Å²) in [6.45, 7) is 0. The molecule has 4 nitrogen and oxygen atoms in total. The molecule has 0 aromatic heterocycles. The molecule has 0 aliphatic carbocycles. The number of nitrogens with zero attached hydrogens (tertiary/aromatic N) is 1. The maximum Gasteiger partial charge on any atom is 0.272 e. The monoisotopic (exact) mass is 213 g/mol. The van der Waals surface area contributed by atoms with Crippen LogP contribution in [0.2, 0.25) is 0 Å². The first-order valence-electron chi connectivity index (χ1n) is 4.22. The van der Waals surface area contributed by atoms with E-state index in [1.165, 1.54) is 18.2 Å². The molecule has 0 radical (unpaired) electrons. The third-order valence-corrected chi connectivity index (χ3v) is 2.18. The molecule has 0 amide bonds. The third-order valence-electron chi connectivity index (χ3n) is 1.86. The number of hydrogen-bond acceptors (Lipinski definition) is 4. The van der Waals surface area contributed by atoms with Crippen LogP contribution in [0, 0.1) is 10.1 Å². The molecule has 14 heavy (non-hydrogen) atoms. The number of rotatable bonds is 4. The van der Waals surface area contributed by atoms with E-state index >= 15 is 0 Å². The van der Waals surface area contributed by atoms with Gasteiger partial charge >= 0.3 is 0 Å². The Bertz CT molecular complexity index is 341. The van der Waals surface area contributed by atoms with E-state index in [0.717, 1.165) is 6.42 Å². The lowest BCUT2D eigenvalue weighted by Crippen LogP contribution is -1.95. The highest BCUT2D eigenvalue weighted by Crippen LogP contribution is 2.24. The van der Waals surface area contributed by atoms with Crippen molar-refractivity contribution in [2.75, 3.05) is 5.75 Å². The molecule has 1 aromatic carbocycles. The summed E-state index contributed by atoms with van der Waals surface area (Å²) in [5.74, 6) is 0.733. The highest BCUT2D eigenvalue weighted by molar-refractivity contribution is 7.80. The SMILES string of the molecule is O=[N+]([O-])c1ccc(O)cc1CCCS. The van der Waals surface area contributed by atoms with Crippen molar-refractivity contribution in [1.29, 1.82) is 0 Å². The molecule has 76 valence electrons. The van der Waals surface area contributed by atoms with Crippen LogP contribution >= 0.6 is 12.6 Å². The normalized spacial score (nSPS) is 10.1. The van der Waals surface area contributed by atoms with Gasteiger partial charge in [0.05, 0.1) is 4.92 Å². The summed E-state index contributed by atoms with van der Waals surface area (Å²) >= 11 is 4.03. The molecule has 1 aromatic rings. The van der Waals surface area contributed by atoms with Gasteiger partial charge in [-0.1, -0.05) is 0 Å². The number of nitro benzene ring substituents is 1. The standard InChI is InChI=1S/C9H11NO3S/c11-8-3-4-9(10(12)13)7(6-8)2-1-5-14/h3-4,6,11,14H,1-2,5H2. The zero-order valence-electron chi connectivity index (χ0n) is 7.51. The number of nitro groups is 1. The van der Waals surface area contributed by atoms with Crippen molar-refractivity contribution >= 4 is 18.3 Å². The third kappa shape index (κ3) is 2.63. The van der Waals surface area contributed by atoms with Crippen molar-refractivity contribution in [3.63, 3.8) is 0 Å². The molecule has 0 unspecified atom stereocenters. The number of phenols is 1. The van der Waals surface area contributed by atoms with Gasteiger partial charge in [0.25, 0.3) is 5.69 Å². The average molecular weight is 213 g/mol. The topological polar surface area (TPSA) is 63.4 Å². The molecule has 0 spiro atoms. The van der Waals surface area contributed by atoms with Crippen molar-refractivity contribution in [3.8, 4) is 5.75 Å². The van der Waals surface area contributed by atoms with Crippen LogP contribution in [-0.2, 0) is 6.42 Å². The van der Waals surface area contributed by atoms with E-state index in [2.05, 4.69) is 12.6 Å². The van der Waals surface area contributed by atoms with Crippen molar-refractivity contribution in [1.82, 2.24) is 0 Å². The summed E-state index contributed by atoms with van der Waals surface area (Å²) in [5.41, 5.74) is 0.619. The van der Waals surface area contributed by atoms with Crippen LogP contribution in [0.25, 0.3) is 0 Å². The molecule has 0 saturated heterocycles. The van der Waals surface area contributed by atoms with Gasteiger partial charge in [-0.3, -0.25) is 10.1 Å². The van der Waals surface area contributed by atoms with E-state index in [1.54, 1.807) is 0 Å². The Morgan fingerprint density at radius 1 is 1.50 bits per heavy atom. The summed E-state index contributed by atoms with van der Waals surface area (Å²) in [6, 6.07) is 4.08. The fourth-order valence-electron chi connectivity index (χ4n) is 1.22. The van der Waals surface area contributed by atoms with Gasteiger partial charge in [0, 0.05) is 11.6 Å². The summed E-state index contributed by atoms with van der Waals surface area (Å²) < 4.78 is 0. The highest BCUT2D eigenvalue weighted by Gasteiger charge is 2.12. The minimum Gasteiger partial charge on any atom is -0.508 e. The first-order chi connectivity index (χ1) is 6.65. The maximum atomic E-state index is 10.6. The van der Waals surface area contributed by atoms with E-state index in [4.69, 9.17) is 0 Å². The molecule has 0 atom stereocenters. The van der Waals surface area contributed by atoms with E-state index in [1.807, 2.05) is 0 Å². The fourth-order valence-corrected chi connectivity index (χ4v) is 1.38. The van der Waals surface area contributed by atoms with Crippen LogP contribution in [0.15, 0.2) is 18.2 Å². The molecule has 1 N–H and O–H groups in total. The number of benzene rings is 1. The van der Waals surface area contributed by atoms with Crippen LogP contribution in [0.3, 0.4) is 0 Å². The number of hydrogen-bond donors (Lipinski definition) is 2. The van der Waals surface area contributed by atoms with Gasteiger partial charge < -0.3 is 5.11 Å². The molecule has 0 saturated carbocycles.